The van der Waals surface area contributed by atoms with Gasteiger partial charge in [-0.15, -0.1) is 0 Å². The molecule has 1 aromatic rings. The molecular weight excluding hydrogens is 242 g/mol. The summed E-state index contributed by atoms with van der Waals surface area (Å²) in [7, 11) is 0. The fourth-order valence-corrected chi connectivity index (χ4v) is 1.32. The van der Waals surface area contributed by atoms with Crippen molar-refractivity contribution in [3.05, 3.63) is 28.8 Å². The third-order valence-corrected chi connectivity index (χ3v) is 2.56. The molecule has 1 atom stereocenters. The van der Waals surface area contributed by atoms with E-state index in [1.165, 1.54) is 24.3 Å². The minimum Gasteiger partial charge on any atom is -0.459 e. The molecule has 17 heavy (non-hydrogen) atoms. The largest absolute Gasteiger partial charge is 0.459 e. The van der Waals surface area contributed by atoms with Crippen LogP contribution in [0.3, 0.4) is 0 Å². The highest BCUT2D eigenvalue weighted by atomic mass is 35.5. The molecule has 0 amide bonds. The summed E-state index contributed by atoms with van der Waals surface area (Å²) in [5.41, 5.74) is 0.518. The van der Waals surface area contributed by atoms with Crippen molar-refractivity contribution in [2.45, 2.75) is 26.4 Å². The molecule has 0 N–H and O–H groups in total. The summed E-state index contributed by atoms with van der Waals surface area (Å²) >= 11 is 5.88. The molecule has 0 aliphatic heterocycles. The number of ether oxygens (including phenoxy) is 1. The van der Waals surface area contributed by atoms with E-state index in [1.807, 2.05) is 6.92 Å². The summed E-state index contributed by atoms with van der Waals surface area (Å²) in [6.45, 7) is 3.70. The summed E-state index contributed by atoms with van der Waals surface area (Å²) in [4.78, 5) is 25.3. The minimum atomic E-state index is -0.521. The third kappa shape index (κ3) is 3.70. The molecule has 0 aromatic heterocycles. The minimum absolute atomic E-state index is 0.184. The van der Waals surface area contributed by atoms with E-state index < -0.39 is 5.97 Å². The van der Waals surface area contributed by atoms with E-state index in [2.05, 4.69) is 4.99 Å². The van der Waals surface area contributed by atoms with Gasteiger partial charge in [0.05, 0.1) is 22.4 Å². The van der Waals surface area contributed by atoms with Gasteiger partial charge in [0.2, 0.25) is 6.08 Å². The van der Waals surface area contributed by atoms with Gasteiger partial charge >= 0.3 is 5.97 Å². The number of rotatable bonds is 4. The Morgan fingerprint density at radius 2 is 2.29 bits per heavy atom. The Morgan fingerprint density at radius 3 is 2.88 bits per heavy atom. The van der Waals surface area contributed by atoms with E-state index in [4.69, 9.17) is 16.3 Å². The average Bonchev–Trinajstić information content (AvgIpc) is 2.31. The lowest BCUT2D eigenvalue weighted by atomic mass is 10.2. The fourth-order valence-electron chi connectivity index (χ4n) is 1.12. The normalized spacial score (nSPS) is 11.5. The lowest BCUT2D eigenvalue weighted by Gasteiger charge is -2.11. The Kier molecular flexibility index (Phi) is 4.88. The van der Waals surface area contributed by atoms with Crippen LogP contribution in [0.4, 0.5) is 5.69 Å². The number of benzene rings is 1. The number of nitrogens with zero attached hydrogens (tertiary/aromatic N) is 1. The predicted molar refractivity (Wildman–Crippen MR) is 64.4 cm³/mol. The lowest BCUT2D eigenvalue weighted by Crippen LogP contribution is -2.14. The second kappa shape index (κ2) is 6.18. The molecule has 0 aliphatic rings. The van der Waals surface area contributed by atoms with Gasteiger partial charge in [-0.05, 0) is 31.5 Å². The van der Waals surface area contributed by atoms with E-state index in [0.29, 0.717) is 5.69 Å². The molecule has 90 valence electrons. The molecule has 1 rings (SSSR count). The lowest BCUT2D eigenvalue weighted by molar-refractivity contribution is 0.0335. The van der Waals surface area contributed by atoms with Gasteiger partial charge < -0.3 is 4.74 Å². The number of esters is 1. The summed E-state index contributed by atoms with van der Waals surface area (Å²) in [5.74, 6) is -0.521. The molecule has 0 bridgehead atoms. The van der Waals surface area contributed by atoms with Gasteiger partial charge in [-0.2, -0.15) is 4.99 Å². The fraction of sp³-hybridized carbons (Fsp3) is 0.333. The highest BCUT2D eigenvalue weighted by molar-refractivity contribution is 6.33. The first-order valence-electron chi connectivity index (χ1n) is 5.17. The average molecular weight is 254 g/mol. The van der Waals surface area contributed by atoms with Crippen molar-refractivity contribution < 1.29 is 14.3 Å². The van der Waals surface area contributed by atoms with Crippen LogP contribution in [0.1, 0.15) is 30.6 Å². The summed E-state index contributed by atoms with van der Waals surface area (Å²) < 4.78 is 5.14. The van der Waals surface area contributed by atoms with Crippen LogP contribution in [0, 0.1) is 0 Å². The molecule has 1 unspecified atom stereocenters. The molecule has 0 fully saturated rings. The Hall–Kier alpha value is -1.64. The maximum atomic E-state index is 11.7. The van der Waals surface area contributed by atoms with Crippen LogP contribution in [-0.4, -0.2) is 18.2 Å². The first-order chi connectivity index (χ1) is 8.08. The molecule has 0 saturated heterocycles. The van der Waals surface area contributed by atoms with E-state index in [-0.39, 0.29) is 16.7 Å². The summed E-state index contributed by atoms with van der Waals surface area (Å²) in [6, 6.07) is 4.41. The van der Waals surface area contributed by atoms with Crippen molar-refractivity contribution in [3.63, 3.8) is 0 Å². The van der Waals surface area contributed by atoms with Crippen molar-refractivity contribution in [2.24, 2.45) is 4.99 Å². The van der Waals surface area contributed by atoms with Gasteiger partial charge in [0, 0.05) is 0 Å². The molecule has 0 saturated carbocycles. The van der Waals surface area contributed by atoms with Crippen LogP contribution in [0.5, 0.6) is 0 Å². The highest BCUT2D eigenvalue weighted by Gasteiger charge is 2.15. The number of carbonyl (C=O) groups excluding carboxylic acids is 2. The second-order valence-electron chi connectivity index (χ2n) is 3.49. The van der Waals surface area contributed by atoms with Crippen LogP contribution >= 0.6 is 11.6 Å². The van der Waals surface area contributed by atoms with Crippen molar-refractivity contribution in [1.82, 2.24) is 0 Å². The van der Waals surface area contributed by atoms with Gasteiger partial charge in [0.1, 0.15) is 0 Å². The van der Waals surface area contributed by atoms with Crippen LogP contribution in [0.25, 0.3) is 0 Å². The predicted octanol–water partition coefficient (Wildman–Crippen LogP) is 3.26. The quantitative estimate of drug-likeness (QED) is 0.470. The standard InChI is InChI=1S/C12H12ClNO3/c1-3-8(2)17-12(16)10-6-9(14-7-15)4-5-11(10)13/h4-6,8H,3H2,1-2H3. The summed E-state index contributed by atoms with van der Waals surface area (Å²) in [6.07, 6.45) is 1.94. The van der Waals surface area contributed by atoms with Gasteiger partial charge in [0.15, 0.2) is 0 Å². The van der Waals surface area contributed by atoms with Crippen LogP contribution in [0.15, 0.2) is 23.2 Å². The van der Waals surface area contributed by atoms with Crippen molar-refractivity contribution >= 4 is 29.3 Å². The molecule has 0 heterocycles. The Balaban J connectivity index is 2.99. The second-order valence-corrected chi connectivity index (χ2v) is 3.90. The maximum Gasteiger partial charge on any atom is 0.339 e. The van der Waals surface area contributed by atoms with E-state index in [1.54, 1.807) is 6.92 Å². The van der Waals surface area contributed by atoms with Gasteiger partial charge in [-0.1, -0.05) is 18.5 Å². The van der Waals surface area contributed by atoms with Crippen LogP contribution in [0.2, 0.25) is 5.02 Å². The first-order valence-corrected chi connectivity index (χ1v) is 5.54. The van der Waals surface area contributed by atoms with Crippen molar-refractivity contribution in [1.29, 1.82) is 0 Å². The van der Waals surface area contributed by atoms with Crippen LogP contribution in [-0.2, 0) is 9.53 Å². The van der Waals surface area contributed by atoms with Crippen molar-refractivity contribution in [3.8, 4) is 0 Å². The zero-order valence-corrected chi connectivity index (χ0v) is 10.3. The van der Waals surface area contributed by atoms with E-state index in [9.17, 15) is 9.59 Å². The van der Waals surface area contributed by atoms with Crippen LogP contribution < -0.4 is 0 Å². The number of hydrogen-bond donors (Lipinski definition) is 0. The van der Waals surface area contributed by atoms with Gasteiger partial charge in [0.25, 0.3) is 0 Å². The Morgan fingerprint density at radius 1 is 1.59 bits per heavy atom. The molecule has 5 heteroatoms. The van der Waals surface area contributed by atoms with Gasteiger partial charge in [-0.25, -0.2) is 9.59 Å². The van der Waals surface area contributed by atoms with Crippen molar-refractivity contribution in [2.75, 3.05) is 0 Å². The number of aliphatic imine (C=N–C) groups is 1. The summed E-state index contributed by atoms with van der Waals surface area (Å²) in [5, 5.41) is 0.267. The first kappa shape index (κ1) is 13.4. The number of isocyanates is 1. The number of carbonyl (C=O) groups is 1. The third-order valence-electron chi connectivity index (χ3n) is 2.23. The molecular formula is C12H12ClNO3. The zero-order valence-electron chi connectivity index (χ0n) is 9.57. The molecule has 4 nitrogen and oxygen atoms in total. The highest BCUT2D eigenvalue weighted by Crippen LogP contribution is 2.23. The molecule has 0 spiro atoms. The van der Waals surface area contributed by atoms with E-state index in [0.717, 1.165) is 6.42 Å². The maximum absolute atomic E-state index is 11.7. The van der Waals surface area contributed by atoms with E-state index >= 15 is 0 Å². The molecule has 0 aliphatic carbocycles. The Bertz CT molecular complexity index is 467. The molecule has 1 aromatic carbocycles. The molecule has 0 radical (unpaired) electrons. The number of hydrogen-bond acceptors (Lipinski definition) is 4. The Labute approximate surface area is 104 Å². The SMILES string of the molecule is CCC(C)OC(=O)c1cc(N=C=O)ccc1Cl. The number of halogens is 1. The monoisotopic (exact) mass is 253 g/mol. The topological polar surface area (TPSA) is 55.7 Å². The smallest absolute Gasteiger partial charge is 0.339 e. The zero-order chi connectivity index (χ0) is 12.8. The van der Waals surface area contributed by atoms with Gasteiger partial charge in [-0.3, -0.25) is 0 Å².